The number of imide groups is 2. The van der Waals surface area contributed by atoms with Gasteiger partial charge in [-0.2, -0.15) is 0 Å². The Morgan fingerprint density at radius 3 is 1.26 bits per heavy atom. The zero-order valence-electron chi connectivity index (χ0n) is 26.6. The van der Waals surface area contributed by atoms with Gasteiger partial charge in [-0.1, -0.05) is 87.7 Å². The van der Waals surface area contributed by atoms with E-state index in [0.717, 1.165) is 62.1 Å². The number of nitrogens with zero attached hydrogens (tertiary/aromatic N) is 2. The largest absolute Gasteiger partial charge is 0.272 e. The number of rotatable bonds is 10. The van der Waals surface area contributed by atoms with Crippen LogP contribution in [0.2, 0.25) is 10.0 Å². The van der Waals surface area contributed by atoms with E-state index in [4.69, 9.17) is 23.2 Å². The van der Waals surface area contributed by atoms with Gasteiger partial charge in [-0.3, -0.25) is 29.0 Å². The van der Waals surface area contributed by atoms with Crippen LogP contribution in [-0.2, 0) is 0 Å². The van der Waals surface area contributed by atoms with E-state index < -0.39 is 0 Å². The van der Waals surface area contributed by atoms with Gasteiger partial charge in [0.2, 0.25) is 0 Å². The lowest BCUT2D eigenvalue weighted by atomic mass is 9.81. The normalized spacial score (nSPS) is 16.2. The van der Waals surface area contributed by atoms with Crippen molar-refractivity contribution in [2.24, 2.45) is 0 Å². The second kappa shape index (κ2) is 11.5. The van der Waals surface area contributed by atoms with Gasteiger partial charge in [0.15, 0.2) is 0 Å². The van der Waals surface area contributed by atoms with Gasteiger partial charge in [-0.05, 0) is 61.7 Å². The van der Waals surface area contributed by atoms with E-state index in [1.807, 2.05) is 26.0 Å². The zero-order chi connectivity index (χ0) is 32.6. The van der Waals surface area contributed by atoms with Crippen molar-refractivity contribution in [3.63, 3.8) is 0 Å². The molecule has 2 aliphatic rings. The number of carbonyl (C=O) groups excluding carboxylic acids is 4. The van der Waals surface area contributed by atoms with Crippen molar-refractivity contribution in [1.82, 2.24) is 9.80 Å². The predicted octanol–water partition coefficient (Wildman–Crippen LogP) is 10.2. The lowest BCUT2D eigenvalue weighted by Crippen LogP contribution is -2.46. The molecule has 2 atom stereocenters. The molecule has 5 aromatic carbocycles. The number of fused-ring (bicyclic) bond motifs is 2. The first-order chi connectivity index (χ1) is 22.1. The topological polar surface area (TPSA) is 74.8 Å². The van der Waals surface area contributed by atoms with Crippen LogP contribution in [0.25, 0.3) is 43.1 Å². The summed E-state index contributed by atoms with van der Waals surface area (Å²) in [4.78, 5) is 58.6. The summed E-state index contributed by atoms with van der Waals surface area (Å²) in [5.74, 6) is -1.32. The van der Waals surface area contributed by atoms with Crippen LogP contribution in [0, 0.1) is 0 Å². The number of hydrogen-bond donors (Lipinski definition) is 0. The lowest BCUT2D eigenvalue weighted by molar-refractivity contribution is 0.0526. The van der Waals surface area contributed by atoms with Crippen molar-refractivity contribution in [3.8, 4) is 0 Å². The summed E-state index contributed by atoms with van der Waals surface area (Å²) in [5, 5.41) is 6.03. The Labute approximate surface area is 277 Å². The summed E-state index contributed by atoms with van der Waals surface area (Å²) in [5.41, 5.74) is 1.70. The van der Waals surface area contributed by atoms with E-state index in [0.29, 0.717) is 64.6 Å². The highest BCUT2D eigenvalue weighted by Crippen LogP contribution is 2.50. The molecule has 46 heavy (non-hydrogen) atoms. The van der Waals surface area contributed by atoms with Crippen LogP contribution < -0.4 is 0 Å². The fourth-order valence-electron chi connectivity index (χ4n) is 7.84. The molecule has 0 saturated carbocycles. The maximum atomic E-state index is 14.0. The first-order valence-corrected chi connectivity index (χ1v) is 17.2. The third-order valence-electron chi connectivity index (χ3n) is 10.1. The Bertz CT molecular complexity index is 1990. The molecule has 236 valence electrons. The van der Waals surface area contributed by atoms with Crippen LogP contribution in [0.5, 0.6) is 0 Å². The van der Waals surface area contributed by atoms with Crippen molar-refractivity contribution in [2.75, 3.05) is 0 Å². The number of hydrogen-bond acceptors (Lipinski definition) is 4. The molecule has 2 unspecified atom stereocenters. The summed E-state index contributed by atoms with van der Waals surface area (Å²) in [6.07, 6.45) is 7.50. The molecule has 0 saturated heterocycles. The highest BCUT2D eigenvalue weighted by atomic mass is 35.5. The predicted molar refractivity (Wildman–Crippen MR) is 186 cm³/mol. The smallest absolute Gasteiger partial charge is 0.261 e. The summed E-state index contributed by atoms with van der Waals surface area (Å²) >= 11 is 14.1. The molecule has 6 nitrogen and oxygen atoms in total. The highest BCUT2D eigenvalue weighted by molar-refractivity contribution is 6.50. The van der Waals surface area contributed by atoms with E-state index in [1.54, 1.807) is 24.3 Å². The first kappa shape index (κ1) is 30.9. The second-order valence-electron chi connectivity index (χ2n) is 13.0. The van der Waals surface area contributed by atoms with Gasteiger partial charge in [-0.15, -0.1) is 0 Å². The summed E-state index contributed by atoms with van der Waals surface area (Å²) < 4.78 is 0. The summed E-state index contributed by atoms with van der Waals surface area (Å²) in [6, 6.07) is 10.1. The molecule has 5 aromatic rings. The van der Waals surface area contributed by atoms with Gasteiger partial charge in [0.05, 0.1) is 11.1 Å². The van der Waals surface area contributed by atoms with Crippen molar-refractivity contribution >= 4 is 89.9 Å². The van der Waals surface area contributed by atoms with Gasteiger partial charge in [0, 0.05) is 65.6 Å². The molecular weight excluding hydrogens is 619 g/mol. The molecule has 0 spiro atoms. The lowest BCUT2D eigenvalue weighted by Gasteiger charge is -2.34. The SMILES string of the molecule is CCCCCC(C)N1C(=O)c2ccc3c4c(Cl)cc5c6c(ccc(c7c(Cl)cc(c2c37)C1=O)c64)C(=O)N(C(C)CCCCC)C5=O. The van der Waals surface area contributed by atoms with Gasteiger partial charge in [0.1, 0.15) is 0 Å². The Balaban J connectivity index is 1.47. The van der Waals surface area contributed by atoms with Crippen LogP contribution >= 0.6 is 23.2 Å². The Morgan fingerprint density at radius 1 is 0.522 bits per heavy atom. The molecule has 7 rings (SSSR count). The number of carbonyl (C=O) groups is 4. The third kappa shape index (κ3) is 4.29. The van der Waals surface area contributed by atoms with Crippen LogP contribution in [0.15, 0.2) is 36.4 Å². The van der Waals surface area contributed by atoms with Crippen LogP contribution in [-0.4, -0.2) is 45.5 Å². The minimum absolute atomic E-state index is 0.254. The van der Waals surface area contributed by atoms with Crippen molar-refractivity contribution in [1.29, 1.82) is 0 Å². The fraction of sp³-hybridized carbons (Fsp3) is 0.368. The average Bonchev–Trinajstić information content (AvgIpc) is 3.03. The fourth-order valence-corrected chi connectivity index (χ4v) is 8.45. The maximum absolute atomic E-state index is 14.0. The summed E-state index contributed by atoms with van der Waals surface area (Å²) in [6.45, 7) is 8.09. The molecular formula is C38H36Cl2N2O4. The third-order valence-corrected chi connectivity index (χ3v) is 10.7. The average molecular weight is 656 g/mol. The van der Waals surface area contributed by atoms with Crippen molar-refractivity contribution in [3.05, 3.63) is 68.7 Å². The summed E-state index contributed by atoms with van der Waals surface area (Å²) in [7, 11) is 0. The second-order valence-corrected chi connectivity index (χ2v) is 13.8. The Morgan fingerprint density at radius 2 is 0.891 bits per heavy atom. The van der Waals surface area contributed by atoms with Crippen molar-refractivity contribution < 1.29 is 19.2 Å². The first-order valence-electron chi connectivity index (χ1n) is 16.5. The van der Waals surface area contributed by atoms with Gasteiger partial charge < -0.3 is 0 Å². The van der Waals surface area contributed by atoms with Crippen molar-refractivity contribution in [2.45, 2.75) is 91.1 Å². The van der Waals surface area contributed by atoms with Crippen LogP contribution in [0.4, 0.5) is 0 Å². The van der Waals surface area contributed by atoms with E-state index in [1.165, 1.54) is 9.80 Å². The van der Waals surface area contributed by atoms with E-state index in [2.05, 4.69) is 13.8 Å². The maximum Gasteiger partial charge on any atom is 0.261 e. The Kier molecular flexibility index (Phi) is 7.72. The monoisotopic (exact) mass is 654 g/mol. The molecule has 0 fully saturated rings. The molecule has 0 bridgehead atoms. The molecule has 0 radical (unpaired) electrons. The highest BCUT2D eigenvalue weighted by Gasteiger charge is 2.40. The molecule has 2 aliphatic heterocycles. The van der Waals surface area contributed by atoms with Crippen LogP contribution in [0.3, 0.4) is 0 Å². The minimum Gasteiger partial charge on any atom is -0.272 e. The molecule has 0 aliphatic carbocycles. The van der Waals surface area contributed by atoms with E-state index >= 15 is 0 Å². The molecule has 0 aromatic heterocycles. The Hall–Kier alpha value is -3.74. The minimum atomic E-state index is -0.349. The number of amides is 4. The van der Waals surface area contributed by atoms with Gasteiger partial charge in [0.25, 0.3) is 23.6 Å². The molecule has 0 N–H and O–H groups in total. The standard InChI is InChI=1S/C38H36Cl2N2O4/c1-5-7-9-11-19(3)41-35(43)23-15-13-21-32-28(40)18-26-30-24(36(44)42(38(26)46)20(4)12-10-8-6-2)16-14-22(34(30)32)31-27(39)17-25(37(41)45)29(23)33(21)31/h13-20H,5-12H2,1-4H3. The quantitative estimate of drug-likeness (QED) is 0.0650. The molecule has 8 heteroatoms. The molecule has 4 amide bonds. The van der Waals surface area contributed by atoms with E-state index in [-0.39, 0.29) is 35.7 Å². The number of unbranched alkanes of at least 4 members (excludes halogenated alkanes) is 4. The zero-order valence-corrected chi connectivity index (χ0v) is 28.1. The molecule has 2 heterocycles. The number of halogens is 2. The van der Waals surface area contributed by atoms with Crippen LogP contribution in [0.1, 0.15) is 120 Å². The van der Waals surface area contributed by atoms with Gasteiger partial charge in [-0.25, -0.2) is 0 Å². The van der Waals surface area contributed by atoms with Gasteiger partial charge >= 0.3 is 0 Å². The van der Waals surface area contributed by atoms with E-state index in [9.17, 15) is 19.2 Å². The number of benzene rings is 5.